The highest BCUT2D eigenvalue weighted by molar-refractivity contribution is 5.87. The maximum atomic E-state index is 13.6. The number of carbonyl (C=O) groups is 2. The van der Waals surface area contributed by atoms with Crippen LogP contribution in [-0.4, -0.2) is 111 Å². The molecule has 0 bridgehead atoms. The van der Waals surface area contributed by atoms with Crippen LogP contribution in [0.15, 0.2) is 94.3 Å². The molecule has 63 heavy (non-hydrogen) atoms. The molecule has 0 aliphatic heterocycles. The summed E-state index contributed by atoms with van der Waals surface area (Å²) in [6, 6.07) is 0. The maximum Gasteiger partial charge on any atom is 0.360 e. The van der Waals surface area contributed by atoms with Crippen LogP contribution in [0.3, 0.4) is 0 Å². The zero-order valence-electron chi connectivity index (χ0n) is 38.1. The number of hydrogen-bond donors (Lipinski definition) is 2. The quantitative estimate of drug-likeness (QED) is 0.0394. The van der Waals surface area contributed by atoms with Crippen molar-refractivity contribution in [2.75, 3.05) is 42.0 Å². The molecule has 0 fully saturated rings. The summed E-state index contributed by atoms with van der Waals surface area (Å²) in [6.07, 6.45) is 21.6. The summed E-state index contributed by atoms with van der Waals surface area (Å²) in [4.78, 5) is 32.9. The fourth-order valence-electron chi connectivity index (χ4n) is 5.85. The number of allylic oxidation sites excluding steroid dienone is 6. The van der Waals surface area contributed by atoms with E-state index in [0.717, 1.165) is 6.26 Å². The van der Waals surface area contributed by atoms with Gasteiger partial charge in [0, 0.05) is 45.7 Å². The Morgan fingerprint density at radius 1 is 0.698 bits per heavy atom. The maximum absolute atomic E-state index is 13.6. The molecule has 2 aromatic heterocycles. The smallest absolute Gasteiger partial charge is 0.360 e. The molecule has 0 aliphatic carbocycles. The van der Waals surface area contributed by atoms with Gasteiger partial charge in [0.25, 0.3) is 0 Å². The molecular formula is C48H64N2O13. The lowest BCUT2D eigenvalue weighted by Crippen LogP contribution is -2.43. The number of aliphatic hydroxyl groups is 1. The molecule has 2 heterocycles. The highest BCUT2D eigenvalue weighted by Crippen LogP contribution is 2.34. The Labute approximate surface area is 371 Å². The molecule has 0 radical (unpaired) electrons. The third-order valence-corrected chi connectivity index (χ3v) is 9.83. The van der Waals surface area contributed by atoms with Crippen LogP contribution in [-0.2, 0) is 46.0 Å². The molecular weight excluding hydrogens is 813 g/mol. The molecule has 0 aromatic carbocycles. The van der Waals surface area contributed by atoms with Gasteiger partial charge < -0.3 is 52.2 Å². The molecule has 15 heteroatoms. The summed E-state index contributed by atoms with van der Waals surface area (Å²) < 4.78 is 49.9. The number of oxazole rings is 2. The van der Waals surface area contributed by atoms with E-state index in [1.165, 1.54) is 20.5 Å². The van der Waals surface area contributed by atoms with Crippen LogP contribution in [0.4, 0.5) is 0 Å². The van der Waals surface area contributed by atoms with Crippen LogP contribution in [0, 0.1) is 34.5 Å². The first kappa shape index (κ1) is 53.8. The first-order valence-corrected chi connectivity index (χ1v) is 20.4. The van der Waals surface area contributed by atoms with Crippen molar-refractivity contribution in [3.05, 3.63) is 109 Å². The van der Waals surface area contributed by atoms with Gasteiger partial charge in [0.2, 0.25) is 0 Å². The lowest BCUT2D eigenvalue weighted by atomic mass is 9.78. The zero-order chi connectivity index (χ0) is 46.7. The van der Waals surface area contributed by atoms with E-state index < -0.39 is 53.3 Å². The van der Waals surface area contributed by atoms with Crippen molar-refractivity contribution < 1.29 is 61.8 Å². The average molecular weight is 877 g/mol. The van der Waals surface area contributed by atoms with E-state index >= 15 is 0 Å². The van der Waals surface area contributed by atoms with E-state index in [2.05, 4.69) is 33.6 Å². The van der Waals surface area contributed by atoms with E-state index in [-0.39, 0.29) is 62.1 Å². The van der Waals surface area contributed by atoms with Crippen molar-refractivity contribution in [1.82, 2.24) is 9.97 Å². The molecule has 15 nitrogen and oxygen atoms in total. The molecule has 2 N–H and O–H groups in total. The van der Waals surface area contributed by atoms with Crippen LogP contribution < -0.4 is 0 Å². The third kappa shape index (κ3) is 18.9. The largest absolute Gasteiger partial charge is 0.476 e. The van der Waals surface area contributed by atoms with Crippen molar-refractivity contribution in [3.63, 3.8) is 0 Å². The minimum Gasteiger partial charge on any atom is -0.476 e. The number of nitrogens with zero attached hydrogens (tertiary/aromatic N) is 2. The molecule has 2 aromatic rings. The van der Waals surface area contributed by atoms with Gasteiger partial charge in [-0.3, -0.25) is 0 Å². The predicted molar refractivity (Wildman–Crippen MR) is 236 cm³/mol. The summed E-state index contributed by atoms with van der Waals surface area (Å²) in [6.45, 7) is 11.7. The van der Waals surface area contributed by atoms with Crippen LogP contribution in [0.1, 0.15) is 87.1 Å². The van der Waals surface area contributed by atoms with Gasteiger partial charge >= 0.3 is 11.9 Å². The van der Waals surface area contributed by atoms with Crippen molar-refractivity contribution in [1.29, 1.82) is 0 Å². The predicted octanol–water partition coefficient (Wildman–Crippen LogP) is 7.26. The zero-order valence-corrected chi connectivity index (χ0v) is 38.1. The van der Waals surface area contributed by atoms with Crippen molar-refractivity contribution in [2.45, 2.75) is 104 Å². The number of carboxylic acid groups (broad SMARTS) is 1. The van der Waals surface area contributed by atoms with Gasteiger partial charge in [-0.25, -0.2) is 19.6 Å². The molecule has 344 valence electrons. The molecule has 0 spiro atoms. The molecule has 0 aliphatic rings. The Hall–Kier alpha value is -5.36. The number of rotatable bonds is 27. The summed E-state index contributed by atoms with van der Waals surface area (Å²) >= 11 is 0. The lowest BCUT2D eigenvalue weighted by molar-refractivity contribution is -0.121. The molecule has 0 saturated heterocycles. The van der Waals surface area contributed by atoms with Crippen molar-refractivity contribution >= 4 is 11.9 Å². The second-order valence-electron chi connectivity index (χ2n) is 15.2. The van der Waals surface area contributed by atoms with E-state index in [9.17, 15) is 14.7 Å². The minimum atomic E-state index is -1.18. The summed E-state index contributed by atoms with van der Waals surface area (Å²) in [5.74, 6) is 10.3. The van der Waals surface area contributed by atoms with Gasteiger partial charge in [-0.15, -0.1) is 0 Å². The van der Waals surface area contributed by atoms with Gasteiger partial charge in [0.05, 0.1) is 43.4 Å². The third-order valence-electron chi connectivity index (χ3n) is 9.83. The first-order valence-electron chi connectivity index (χ1n) is 20.4. The number of carboxylic acids is 1. The van der Waals surface area contributed by atoms with Crippen molar-refractivity contribution in [2.24, 2.45) is 10.8 Å². The second kappa shape index (κ2) is 29.1. The first-order chi connectivity index (χ1) is 30.2. The van der Waals surface area contributed by atoms with Gasteiger partial charge in [-0.1, -0.05) is 87.8 Å². The SMILES string of the molecule is C/C=C/[C@H](OCOC)C(C)(C)[C@H](C/C=C\C#C/C=C/[C@@H](Cc1nc(C(=O)O)co1)OC)OC(=O)c1coc(C[C@H](/C=C/C#C/C=C\C[C@H](O)C(C)(C)[C@H](/C=C/C)OCOC)OC)n1. The monoisotopic (exact) mass is 876 g/mol. The fourth-order valence-corrected chi connectivity index (χ4v) is 5.85. The van der Waals surface area contributed by atoms with Crippen LogP contribution >= 0.6 is 0 Å². The van der Waals surface area contributed by atoms with Gasteiger partial charge in [-0.05, 0) is 56.7 Å². The van der Waals surface area contributed by atoms with Crippen LogP contribution in [0.25, 0.3) is 0 Å². The second-order valence-corrected chi connectivity index (χ2v) is 15.2. The van der Waals surface area contributed by atoms with Gasteiger partial charge in [0.15, 0.2) is 23.2 Å². The Balaban J connectivity index is 2.11. The molecule has 6 atom stereocenters. The lowest BCUT2D eigenvalue weighted by Gasteiger charge is -2.38. The number of aromatic carboxylic acids is 1. The topological polar surface area (TPSA) is 191 Å². The number of ether oxygens (including phenoxy) is 7. The van der Waals surface area contributed by atoms with Gasteiger partial charge in [-0.2, -0.15) is 0 Å². The number of hydrogen-bond acceptors (Lipinski definition) is 14. The number of esters is 1. The van der Waals surface area contributed by atoms with Gasteiger partial charge in [0.1, 0.15) is 32.2 Å². The number of carbonyl (C=O) groups excluding carboxylic acids is 1. The standard InChI is InChI=1S/C48H64N2O13/c1-11-23-40(61-33-55-7)47(3,4)39(51)27-21-17-13-15-19-26-36(58-10)30-44-50-38(32-60-44)46(54)63-42(48(5,6)41(24-12-2)62-34-56-8)28-22-18-14-16-20-25-35(57-9)29-43-49-37(31-59-43)45(52)53/h11-12,17-26,31-32,35-36,39-42,51H,27-30,33-34H2,1-10H3,(H,52,53)/b21-17-,22-18-,23-11+,24-12+,25-20+,26-19+/t35-,36-,39-,40-,41-,42-/m0/s1. The van der Waals surface area contributed by atoms with E-state index in [1.807, 2.05) is 71.9 Å². The Bertz CT molecular complexity index is 1980. The fraction of sp³-hybridized carbons (Fsp3) is 0.500. The highest BCUT2D eigenvalue weighted by atomic mass is 16.7. The van der Waals surface area contributed by atoms with Crippen LogP contribution in [0.2, 0.25) is 0 Å². The molecule has 0 saturated carbocycles. The number of aromatic nitrogens is 2. The molecule has 0 amide bonds. The van der Waals surface area contributed by atoms with Crippen molar-refractivity contribution in [3.8, 4) is 23.7 Å². The van der Waals surface area contributed by atoms with E-state index in [4.69, 9.17) is 47.1 Å². The molecule has 2 rings (SSSR count). The summed E-state index contributed by atoms with van der Waals surface area (Å²) in [5, 5.41) is 19.9. The Morgan fingerprint density at radius 2 is 1.16 bits per heavy atom. The van der Waals surface area contributed by atoms with Crippen LogP contribution in [0.5, 0.6) is 0 Å². The van der Waals surface area contributed by atoms with E-state index in [0.29, 0.717) is 6.42 Å². The Kier molecular flexibility index (Phi) is 24.8. The summed E-state index contributed by atoms with van der Waals surface area (Å²) in [7, 11) is 6.14. The van der Waals surface area contributed by atoms with E-state index in [1.54, 1.807) is 56.8 Å². The average Bonchev–Trinajstić information content (AvgIpc) is 3.94. The number of aliphatic hydroxyl groups excluding tert-OH is 1. The Morgan fingerprint density at radius 3 is 1.62 bits per heavy atom. The minimum absolute atomic E-state index is 0.00634. The molecule has 0 unspecified atom stereocenters. The number of methoxy groups -OCH3 is 4. The summed E-state index contributed by atoms with van der Waals surface area (Å²) in [5.41, 5.74) is -1.50. The highest BCUT2D eigenvalue weighted by Gasteiger charge is 2.40. The normalized spacial score (nSPS) is 15.5.